The average molecular weight is 292 g/mol. The van der Waals surface area contributed by atoms with Gasteiger partial charge in [-0.1, -0.05) is 71.1 Å². The predicted molar refractivity (Wildman–Crippen MR) is 89.9 cm³/mol. The quantitative estimate of drug-likeness (QED) is 0.369. The molecule has 0 saturated heterocycles. The Morgan fingerprint density at radius 2 is 1.24 bits per heavy atom. The molecule has 2 N–H and O–H groups in total. The zero-order valence-corrected chi connectivity index (χ0v) is 13.6. The zero-order chi connectivity index (χ0) is 15.3. The van der Waals surface area contributed by atoms with Gasteiger partial charge in [0.2, 0.25) is 0 Å². The van der Waals surface area contributed by atoms with E-state index in [4.69, 9.17) is 0 Å². The lowest BCUT2D eigenvalue weighted by atomic mass is 10.0. The lowest BCUT2D eigenvalue weighted by Crippen LogP contribution is -1.87. The summed E-state index contributed by atoms with van der Waals surface area (Å²) in [6.07, 6.45) is 15.5. The van der Waals surface area contributed by atoms with Crippen molar-refractivity contribution >= 4 is 0 Å². The molecule has 21 heavy (non-hydrogen) atoms. The van der Waals surface area contributed by atoms with E-state index < -0.39 is 0 Å². The van der Waals surface area contributed by atoms with E-state index >= 15 is 0 Å². The Kier molecular flexibility index (Phi) is 9.77. The average Bonchev–Trinajstić information content (AvgIpc) is 2.48. The van der Waals surface area contributed by atoms with E-state index in [1.165, 1.54) is 70.3 Å². The Bertz CT molecular complexity index is 374. The van der Waals surface area contributed by atoms with Crippen molar-refractivity contribution in [1.82, 2.24) is 0 Å². The van der Waals surface area contributed by atoms with Gasteiger partial charge in [-0.2, -0.15) is 0 Å². The second kappa shape index (κ2) is 11.5. The molecule has 0 spiro atoms. The summed E-state index contributed by atoms with van der Waals surface area (Å²) in [7, 11) is 0. The molecule has 1 rings (SSSR count). The number of hydrogen-bond donors (Lipinski definition) is 2. The van der Waals surface area contributed by atoms with Crippen LogP contribution in [0.4, 0.5) is 0 Å². The van der Waals surface area contributed by atoms with Crippen LogP contribution in [0.3, 0.4) is 0 Å². The lowest BCUT2D eigenvalue weighted by Gasteiger charge is -2.05. The number of rotatable bonds is 12. The van der Waals surface area contributed by atoms with Crippen molar-refractivity contribution < 1.29 is 10.2 Å². The summed E-state index contributed by atoms with van der Waals surface area (Å²) in [5.41, 5.74) is 0.867. The molecule has 0 amide bonds. The van der Waals surface area contributed by atoms with Gasteiger partial charge in [-0.25, -0.2) is 0 Å². The maximum absolute atomic E-state index is 9.69. The third-order valence-electron chi connectivity index (χ3n) is 4.11. The number of unbranched alkanes of at least 4 members (excludes halogenated alkanes) is 10. The molecular formula is C19H32O2. The highest BCUT2D eigenvalue weighted by molar-refractivity contribution is 5.38. The van der Waals surface area contributed by atoms with Crippen LogP contribution in [-0.2, 0) is 6.42 Å². The fraction of sp³-hybridized carbons (Fsp3) is 0.684. The predicted octanol–water partition coefficient (Wildman–Crippen LogP) is 5.95. The first-order valence-electron chi connectivity index (χ1n) is 8.75. The molecule has 0 saturated carbocycles. The van der Waals surface area contributed by atoms with E-state index in [-0.39, 0.29) is 5.75 Å². The Labute approximate surface area is 130 Å². The minimum Gasteiger partial charge on any atom is -0.508 e. The van der Waals surface area contributed by atoms with Crippen molar-refractivity contribution in [3.63, 3.8) is 0 Å². The first kappa shape index (κ1) is 17.9. The molecule has 0 atom stereocenters. The number of aryl methyl sites for hydroxylation is 1. The molecule has 0 aliphatic rings. The van der Waals surface area contributed by atoms with Gasteiger partial charge in [0.05, 0.1) is 0 Å². The molecule has 0 aliphatic carbocycles. The Morgan fingerprint density at radius 3 is 1.81 bits per heavy atom. The molecule has 0 aliphatic heterocycles. The largest absolute Gasteiger partial charge is 0.508 e. The molecule has 2 heteroatoms. The van der Waals surface area contributed by atoms with Crippen molar-refractivity contribution in [3.8, 4) is 11.5 Å². The second-order valence-electron chi connectivity index (χ2n) is 6.10. The fourth-order valence-corrected chi connectivity index (χ4v) is 2.75. The van der Waals surface area contributed by atoms with Gasteiger partial charge in [-0.15, -0.1) is 0 Å². The van der Waals surface area contributed by atoms with E-state index in [1.54, 1.807) is 12.1 Å². The maximum atomic E-state index is 9.69. The SMILES string of the molecule is CCCCCCCCCCCCCc1cc(O)ccc1O. The van der Waals surface area contributed by atoms with Gasteiger partial charge in [-0.05, 0) is 36.6 Å². The van der Waals surface area contributed by atoms with Crippen LogP contribution in [0.15, 0.2) is 18.2 Å². The first-order chi connectivity index (χ1) is 10.2. The van der Waals surface area contributed by atoms with Gasteiger partial charge in [-0.3, -0.25) is 0 Å². The van der Waals surface area contributed by atoms with Crippen LogP contribution < -0.4 is 0 Å². The maximum Gasteiger partial charge on any atom is 0.119 e. The van der Waals surface area contributed by atoms with Crippen LogP contribution in [0.25, 0.3) is 0 Å². The fourth-order valence-electron chi connectivity index (χ4n) is 2.75. The van der Waals surface area contributed by atoms with E-state index in [1.807, 2.05) is 0 Å². The minimum atomic E-state index is 0.242. The summed E-state index contributed by atoms with van der Waals surface area (Å²) in [6.45, 7) is 2.26. The second-order valence-corrected chi connectivity index (χ2v) is 6.10. The van der Waals surface area contributed by atoms with E-state index in [0.29, 0.717) is 5.75 Å². The number of aromatic hydroxyl groups is 2. The minimum absolute atomic E-state index is 0.242. The third kappa shape index (κ3) is 8.64. The van der Waals surface area contributed by atoms with Gasteiger partial charge in [0, 0.05) is 0 Å². The van der Waals surface area contributed by atoms with E-state index in [9.17, 15) is 10.2 Å². The summed E-state index contributed by atoms with van der Waals surface area (Å²) in [4.78, 5) is 0. The molecule has 0 fully saturated rings. The Balaban J connectivity index is 1.94. The Hall–Kier alpha value is -1.18. The van der Waals surface area contributed by atoms with E-state index in [2.05, 4.69) is 6.92 Å². The smallest absolute Gasteiger partial charge is 0.119 e. The standard InChI is InChI=1S/C19H32O2/c1-2-3-4-5-6-7-8-9-10-11-12-13-17-16-18(20)14-15-19(17)21/h14-16,20-21H,2-13H2,1H3. The van der Waals surface area contributed by atoms with E-state index in [0.717, 1.165) is 18.4 Å². The number of phenolic OH excluding ortho intramolecular Hbond substituents is 2. The molecule has 0 radical (unpaired) electrons. The third-order valence-corrected chi connectivity index (χ3v) is 4.11. The van der Waals surface area contributed by atoms with Crippen LogP contribution in [0, 0.1) is 0 Å². The van der Waals surface area contributed by atoms with Crippen molar-refractivity contribution in [3.05, 3.63) is 23.8 Å². The molecule has 1 aromatic rings. The highest BCUT2D eigenvalue weighted by Gasteiger charge is 2.02. The lowest BCUT2D eigenvalue weighted by molar-refractivity contribution is 0.452. The molecule has 0 unspecified atom stereocenters. The molecule has 120 valence electrons. The van der Waals surface area contributed by atoms with Crippen molar-refractivity contribution in [2.75, 3.05) is 0 Å². The Morgan fingerprint density at radius 1 is 0.714 bits per heavy atom. The summed E-state index contributed by atoms with van der Waals surface area (Å²) in [5, 5.41) is 19.1. The van der Waals surface area contributed by atoms with Crippen molar-refractivity contribution in [2.24, 2.45) is 0 Å². The molecule has 0 aromatic heterocycles. The molecule has 0 heterocycles. The molecule has 1 aromatic carbocycles. The summed E-state index contributed by atoms with van der Waals surface area (Å²) >= 11 is 0. The van der Waals surface area contributed by atoms with Crippen LogP contribution in [0.2, 0.25) is 0 Å². The van der Waals surface area contributed by atoms with Crippen LogP contribution in [0.1, 0.15) is 83.1 Å². The number of benzene rings is 1. The van der Waals surface area contributed by atoms with Crippen molar-refractivity contribution in [2.45, 2.75) is 84.0 Å². The topological polar surface area (TPSA) is 40.5 Å². The van der Waals surface area contributed by atoms with Crippen LogP contribution >= 0.6 is 0 Å². The highest BCUT2D eigenvalue weighted by Crippen LogP contribution is 2.24. The molecule has 0 bridgehead atoms. The number of hydrogen-bond acceptors (Lipinski definition) is 2. The monoisotopic (exact) mass is 292 g/mol. The number of phenols is 2. The summed E-state index contributed by atoms with van der Waals surface area (Å²) < 4.78 is 0. The highest BCUT2D eigenvalue weighted by atomic mass is 16.3. The summed E-state index contributed by atoms with van der Waals surface area (Å²) in [6, 6.07) is 4.77. The van der Waals surface area contributed by atoms with Gasteiger partial charge in [0.1, 0.15) is 11.5 Å². The first-order valence-corrected chi connectivity index (χ1v) is 8.75. The molecular weight excluding hydrogens is 260 g/mol. The van der Waals surface area contributed by atoms with Crippen LogP contribution in [0.5, 0.6) is 11.5 Å². The molecule has 2 nitrogen and oxygen atoms in total. The van der Waals surface area contributed by atoms with Crippen molar-refractivity contribution in [1.29, 1.82) is 0 Å². The summed E-state index contributed by atoms with van der Waals surface area (Å²) in [5.74, 6) is 0.547. The van der Waals surface area contributed by atoms with Gasteiger partial charge in [0.15, 0.2) is 0 Å². The van der Waals surface area contributed by atoms with Gasteiger partial charge >= 0.3 is 0 Å². The van der Waals surface area contributed by atoms with Gasteiger partial charge in [0.25, 0.3) is 0 Å². The van der Waals surface area contributed by atoms with Crippen LogP contribution in [-0.4, -0.2) is 10.2 Å². The van der Waals surface area contributed by atoms with Gasteiger partial charge < -0.3 is 10.2 Å². The zero-order valence-electron chi connectivity index (χ0n) is 13.6. The normalized spacial score (nSPS) is 10.9.